The Morgan fingerprint density at radius 1 is 0.879 bits per heavy atom. The van der Waals surface area contributed by atoms with Gasteiger partial charge in [0.2, 0.25) is 0 Å². The Morgan fingerprint density at radius 3 is 2.03 bits per heavy atom. The molecule has 3 atom stereocenters. The number of ether oxygens (including phenoxy) is 5. The summed E-state index contributed by atoms with van der Waals surface area (Å²) in [5.74, 6) is 0.501. The van der Waals surface area contributed by atoms with Gasteiger partial charge < -0.3 is 23.7 Å². The second-order valence-electron chi connectivity index (χ2n) is 7.73. The Bertz CT molecular complexity index is 787. The average Bonchev–Trinajstić information content (AvgIpc) is 2.83. The van der Waals surface area contributed by atoms with Crippen LogP contribution in [-0.4, -0.2) is 45.4 Å². The van der Waals surface area contributed by atoms with Gasteiger partial charge in [-0.05, 0) is 62.6 Å². The number of rotatable bonds is 16. The Morgan fingerprint density at radius 2 is 1.48 bits per heavy atom. The normalized spacial score (nSPS) is 14.1. The molecule has 182 valence electrons. The van der Waals surface area contributed by atoms with Crippen LogP contribution in [0, 0.1) is 11.7 Å². The largest absolute Gasteiger partial charge is 0.497 e. The van der Waals surface area contributed by atoms with E-state index in [-0.39, 0.29) is 30.5 Å². The van der Waals surface area contributed by atoms with Gasteiger partial charge in [-0.3, -0.25) is 0 Å². The molecule has 2 aromatic rings. The standard InChI is InChI=1S/C27H37FO5/c1-6-26(33-19-27(30-7-2)31-8-3)25(17-21-9-13-23(28)14-10-21)20(4)32-18-22-11-15-24(29-5)16-12-22/h6,9-16,20,25-27H,1,7-8,17-19H2,2-5H3/t20-,25?,26?/m0/s1. The third kappa shape index (κ3) is 9.26. The molecule has 0 aliphatic heterocycles. The van der Waals surface area contributed by atoms with Crippen molar-refractivity contribution in [3.63, 3.8) is 0 Å². The smallest absolute Gasteiger partial charge is 0.180 e. The highest BCUT2D eigenvalue weighted by Gasteiger charge is 2.28. The summed E-state index contributed by atoms with van der Waals surface area (Å²) in [5, 5.41) is 0. The number of halogens is 1. The van der Waals surface area contributed by atoms with Gasteiger partial charge in [0.15, 0.2) is 6.29 Å². The average molecular weight is 461 g/mol. The lowest BCUT2D eigenvalue weighted by atomic mass is 9.89. The van der Waals surface area contributed by atoms with Gasteiger partial charge >= 0.3 is 0 Å². The van der Waals surface area contributed by atoms with Crippen LogP contribution in [-0.2, 0) is 32.0 Å². The van der Waals surface area contributed by atoms with E-state index in [0.717, 1.165) is 16.9 Å². The van der Waals surface area contributed by atoms with Gasteiger partial charge in [0, 0.05) is 19.1 Å². The molecule has 0 aliphatic carbocycles. The van der Waals surface area contributed by atoms with Crippen LogP contribution in [0.5, 0.6) is 5.75 Å². The van der Waals surface area contributed by atoms with E-state index in [2.05, 4.69) is 6.58 Å². The molecule has 5 nitrogen and oxygen atoms in total. The van der Waals surface area contributed by atoms with Crippen LogP contribution in [0.4, 0.5) is 4.39 Å². The summed E-state index contributed by atoms with van der Waals surface area (Å²) in [6.07, 6.45) is 1.54. The molecule has 0 N–H and O–H groups in total. The topological polar surface area (TPSA) is 46.2 Å². The first kappa shape index (κ1) is 27.0. The molecule has 0 aliphatic rings. The molecule has 0 amide bonds. The predicted molar refractivity (Wildman–Crippen MR) is 128 cm³/mol. The maximum absolute atomic E-state index is 13.4. The van der Waals surface area contributed by atoms with Crippen molar-refractivity contribution in [2.45, 2.75) is 52.3 Å². The molecule has 0 heterocycles. The highest BCUT2D eigenvalue weighted by Crippen LogP contribution is 2.24. The SMILES string of the molecule is C=CC(OCC(OCC)OCC)C(Cc1ccc(F)cc1)[C@H](C)OCc1ccc(OC)cc1. The van der Waals surface area contributed by atoms with E-state index < -0.39 is 6.29 Å². The second kappa shape index (κ2) is 14.8. The molecule has 2 unspecified atom stereocenters. The van der Waals surface area contributed by atoms with E-state index in [1.54, 1.807) is 25.3 Å². The zero-order chi connectivity index (χ0) is 24.1. The molecule has 0 saturated heterocycles. The van der Waals surface area contributed by atoms with Gasteiger partial charge in [-0.1, -0.05) is 30.3 Å². The highest BCUT2D eigenvalue weighted by molar-refractivity contribution is 5.26. The van der Waals surface area contributed by atoms with Gasteiger partial charge in [0.1, 0.15) is 11.6 Å². The third-order valence-corrected chi connectivity index (χ3v) is 5.44. The monoisotopic (exact) mass is 460 g/mol. The minimum absolute atomic E-state index is 0.0462. The summed E-state index contributed by atoms with van der Waals surface area (Å²) in [5.41, 5.74) is 2.05. The molecular weight excluding hydrogens is 423 g/mol. The second-order valence-corrected chi connectivity index (χ2v) is 7.73. The van der Waals surface area contributed by atoms with Gasteiger partial charge in [-0.15, -0.1) is 6.58 Å². The van der Waals surface area contributed by atoms with Crippen molar-refractivity contribution in [2.75, 3.05) is 26.9 Å². The van der Waals surface area contributed by atoms with Gasteiger partial charge in [0.05, 0.1) is 32.5 Å². The highest BCUT2D eigenvalue weighted by atomic mass is 19.1. The van der Waals surface area contributed by atoms with E-state index in [9.17, 15) is 4.39 Å². The zero-order valence-corrected chi connectivity index (χ0v) is 20.2. The number of hydrogen-bond acceptors (Lipinski definition) is 5. The minimum Gasteiger partial charge on any atom is -0.497 e. The lowest BCUT2D eigenvalue weighted by molar-refractivity contribution is -0.179. The Hall–Kier alpha value is -2.25. The lowest BCUT2D eigenvalue weighted by Crippen LogP contribution is -2.37. The molecule has 0 saturated carbocycles. The van der Waals surface area contributed by atoms with Crippen LogP contribution < -0.4 is 4.74 Å². The molecule has 33 heavy (non-hydrogen) atoms. The van der Waals surface area contributed by atoms with Crippen molar-refractivity contribution in [3.8, 4) is 5.75 Å². The van der Waals surface area contributed by atoms with Crippen LogP contribution in [0.15, 0.2) is 61.2 Å². The molecule has 0 spiro atoms. The number of benzene rings is 2. The molecule has 2 aromatic carbocycles. The van der Waals surface area contributed by atoms with Crippen LogP contribution in [0.1, 0.15) is 31.9 Å². The predicted octanol–water partition coefficient (Wildman–Crippen LogP) is 5.57. The summed E-state index contributed by atoms with van der Waals surface area (Å²) >= 11 is 0. The molecule has 0 aromatic heterocycles. The maximum Gasteiger partial charge on any atom is 0.180 e. The Kier molecular flexibility index (Phi) is 12.1. The molecule has 0 fully saturated rings. The van der Waals surface area contributed by atoms with Crippen LogP contribution in [0.3, 0.4) is 0 Å². The first-order valence-corrected chi connectivity index (χ1v) is 11.5. The fourth-order valence-electron chi connectivity index (χ4n) is 3.59. The Labute approximate surface area is 197 Å². The van der Waals surface area contributed by atoms with Crippen molar-refractivity contribution in [2.24, 2.45) is 5.92 Å². The zero-order valence-electron chi connectivity index (χ0n) is 20.2. The van der Waals surface area contributed by atoms with Crippen molar-refractivity contribution in [1.29, 1.82) is 0 Å². The van der Waals surface area contributed by atoms with E-state index in [0.29, 0.717) is 26.2 Å². The number of hydrogen-bond donors (Lipinski definition) is 0. The van der Waals surface area contributed by atoms with Crippen LogP contribution >= 0.6 is 0 Å². The summed E-state index contributed by atoms with van der Waals surface area (Å²) in [4.78, 5) is 0. The molecule has 0 bridgehead atoms. The van der Waals surface area contributed by atoms with E-state index in [1.165, 1.54) is 12.1 Å². The van der Waals surface area contributed by atoms with Gasteiger partial charge in [0.25, 0.3) is 0 Å². The van der Waals surface area contributed by atoms with Crippen LogP contribution in [0.2, 0.25) is 0 Å². The van der Waals surface area contributed by atoms with Crippen molar-refractivity contribution in [1.82, 2.24) is 0 Å². The molecule has 0 radical (unpaired) electrons. The summed E-state index contributed by atoms with van der Waals surface area (Å²) in [7, 11) is 1.64. The van der Waals surface area contributed by atoms with Crippen molar-refractivity contribution < 1.29 is 28.1 Å². The quantitative estimate of drug-likeness (QED) is 0.242. The van der Waals surface area contributed by atoms with Gasteiger partial charge in [-0.25, -0.2) is 4.39 Å². The van der Waals surface area contributed by atoms with Crippen LogP contribution in [0.25, 0.3) is 0 Å². The Balaban J connectivity index is 2.11. The van der Waals surface area contributed by atoms with Crippen molar-refractivity contribution in [3.05, 3.63) is 78.1 Å². The van der Waals surface area contributed by atoms with Gasteiger partial charge in [-0.2, -0.15) is 0 Å². The summed E-state index contributed by atoms with van der Waals surface area (Å²) in [6.45, 7) is 11.7. The van der Waals surface area contributed by atoms with E-state index in [4.69, 9.17) is 23.7 Å². The van der Waals surface area contributed by atoms with E-state index in [1.807, 2.05) is 45.0 Å². The van der Waals surface area contributed by atoms with Crippen molar-refractivity contribution >= 4 is 0 Å². The minimum atomic E-state index is -0.440. The fraction of sp³-hybridized carbons (Fsp3) is 0.481. The summed E-state index contributed by atoms with van der Waals surface area (Å²) < 4.78 is 42.3. The maximum atomic E-state index is 13.4. The molecule has 6 heteroatoms. The third-order valence-electron chi connectivity index (χ3n) is 5.44. The molecular formula is C27H37FO5. The lowest BCUT2D eigenvalue weighted by Gasteiger charge is -2.31. The fourth-order valence-corrected chi connectivity index (χ4v) is 3.59. The summed E-state index contributed by atoms with van der Waals surface area (Å²) in [6, 6.07) is 14.3. The first-order valence-electron chi connectivity index (χ1n) is 11.5. The van der Waals surface area contributed by atoms with E-state index >= 15 is 0 Å². The molecule has 2 rings (SSSR count). The first-order chi connectivity index (χ1) is 16.0. The number of methoxy groups -OCH3 is 1.